The molecule has 0 aromatic heterocycles. The van der Waals surface area contributed by atoms with Gasteiger partial charge in [-0.2, -0.15) is 0 Å². The van der Waals surface area contributed by atoms with Crippen LogP contribution in [0.1, 0.15) is 40.2 Å². The van der Waals surface area contributed by atoms with Gasteiger partial charge in [-0.3, -0.25) is 4.79 Å². The normalized spacial score (nSPS) is 22.6. The average molecular weight is 310 g/mol. The molecule has 2 aliphatic rings. The van der Waals surface area contributed by atoms with Crippen molar-refractivity contribution in [1.29, 1.82) is 0 Å². The Morgan fingerprint density at radius 3 is 2.87 bits per heavy atom. The fourth-order valence-electron chi connectivity index (χ4n) is 4.06. The van der Waals surface area contributed by atoms with Crippen LogP contribution in [0.5, 0.6) is 0 Å². The number of hydrogen-bond acceptors (Lipinski definition) is 2. The Hall–Kier alpha value is -2.36. The van der Waals surface area contributed by atoms with Gasteiger partial charge in [0, 0.05) is 24.1 Å². The highest BCUT2D eigenvalue weighted by Crippen LogP contribution is 2.42. The highest BCUT2D eigenvalue weighted by atomic mass is 19.1. The van der Waals surface area contributed by atoms with Crippen molar-refractivity contribution in [3.8, 4) is 0 Å². The number of carbonyl (C=O) groups excluding carboxylic acids is 1. The van der Waals surface area contributed by atoms with Gasteiger partial charge in [0.05, 0.1) is 5.69 Å². The average Bonchev–Trinajstić information content (AvgIpc) is 2.95. The molecule has 0 saturated carbocycles. The molecule has 1 aliphatic heterocycles. The van der Waals surface area contributed by atoms with Gasteiger partial charge in [0.2, 0.25) is 0 Å². The lowest BCUT2D eigenvalue weighted by atomic mass is 9.88. The molecule has 0 bridgehead atoms. The maximum Gasteiger partial charge on any atom is 0.254 e. The zero-order valence-corrected chi connectivity index (χ0v) is 12.8. The zero-order valence-electron chi connectivity index (χ0n) is 12.8. The summed E-state index contributed by atoms with van der Waals surface area (Å²) >= 11 is 0. The molecule has 0 radical (unpaired) electrons. The second kappa shape index (κ2) is 5.37. The van der Waals surface area contributed by atoms with Gasteiger partial charge in [-0.15, -0.1) is 0 Å². The first-order valence-electron chi connectivity index (χ1n) is 8.09. The van der Waals surface area contributed by atoms with Crippen molar-refractivity contribution in [2.45, 2.75) is 31.2 Å². The first-order chi connectivity index (χ1) is 11.1. The highest BCUT2D eigenvalue weighted by molar-refractivity contribution is 5.95. The minimum atomic E-state index is -0.529. The summed E-state index contributed by atoms with van der Waals surface area (Å²) in [4.78, 5) is 14.8. The van der Waals surface area contributed by atoms with Crippen LogP contribution in [0.25, 0.3) is 0 Å². The van der Waals surface area contributed by atoms with E-state index in [4.69, 9.17) is 5.73 Å². The third-order valence-corrected chi connectivity index (χ3v) is 5.17. The molecule has 4 rings (SSSR count). The monoisotopic (exact) mass is 310 g/mol. The van der Waals surface area contributed by atoms with Crippen LogP contribution in [0.2, 0.25) is 0 Å². The van der Waals surface area contributed by atoms with Gasteiger partial charge in [0.1, 0.15) is 5.82 Å². The summed E-state index contributed by atoms with van der Waals surface area (Å²) in [6, 6.07) is 13.0. The van der Waals surface area contributed by atoms with Crippen LogP contribution >= 0.6 is 0 Å². The quantitative estimate of drug-likeness (QED) is 0.821. The lowest BCUT2D eigenvalue weighted by Crippen LogP contribution is -2.46. The topological polar surface area (TPSA) is 46.3 Å². The van der Waals surface area contributed by atoms with Crippen molar-refractivity contribution >= 4 is 11.6 Å². The van der Waals surface area contributed by atoms with Crippen LogP contribution < -0.4 is 5.73 Å². The summed E-state index contributed by atoms with van der Waals surface area (Å²) in [7, 11) is 0. The highest BCUT2D eigenvalue weighted by Gasteiger charge is 2.40. The molecule has 2 N–H and O–H groups in total. The van der Waals surface area contributed by atoms with E-state index in [9.17, 15) is 9.18 Å². The summed E-state index contributed by atoms with van der Waals surface area (Å²) in [5.41, 5.74) is 8.68. The van der Waals surface area contributed by atoms with Crippen LogP contribution in [0.15, 0.2) is 42.5 Å². The number of benzene rings is 2. The number of anilines is 1. The largest absolute Gasteiger partial charge is 0.396 e. The lowest BCUT2D eigenvalue weighted by molar-refractivity contribution is 0.0595. The number of carbonyl (C=O) groups is 1. The second-order valence-corrected chi connectivity index (χ2v) is 6.45. The number of nitrogens with zero attached hydrogens (tertiary/aromatic N) is 1. The van der Waals surface area contributed by atoms with E-state index in [2.05, 4.69) is 24.3 Å². The molecule has 4 heteroatoms. The van der Waals surface area contributed by atoms with Crippen LogP contribution in [0.4, 0.5) is 10.1 Å². The number of piperidine rings is 1. The fraction of sp³-hybridized carbons (Fsp3) is 0.316. The predicted octanol–water partition coefficient (Wildman–Crippen LogP) is 3.35. The molecule has 1 aliphatic carbocycles. The third kappa shape index (κ3) is 2.29. The molecule has 2 aromatic rings. The van der Waals surface area contributed by atoms with Crippen LogP contribution in [0, 0.1) is 5.82 Å². The molecule has 1 saturated heterocycles. The van der Waals surface area contributed by atoms with E-state index < -0.39 is 5.82 Å². The smallest absolute Gasteiger partial charge is 0.254 e. The Kier molecular flexibility index (Phi) is 3.33. The van der Waals surface area contributed by atoms with E-state index in [1.54, 1.807) is 6.07 Å². The number of nitrogens with two attached hydrogens (primary N) is 1. The van der Waals surface area contributed by atoms with E-state index in [-0.39, 0.29) is 17.6 Å². The van der Waals surface area contributed by atoms with Gasteiger partial charge in [0.25, 0.3) is 5.91 Å². The number of rotatable bonds is 1. The summed E-state index contributed by atoms with van der Waals surface area (Å²) in [5.74, 6) is -0.215. The molecule has 3 nitrogen and oxygen atoms in total. The van der Waals surface area contributed by atoms with Crippen molar-refractivity contribution in [3.63, 3.8) is 0 Å². The fourth-order valence-corrected chi connectivity index (χ4v) is 4.06. The van der Waals surface area contributed by atoms with E-state index in [1.807, 2.05) is 4.90 Å². The Labute approximate surface area is 134 Å². The Bertz CT molecular complexity index is 774. The van der Waals surface area contributed by atoms with Crippen molar-refractivity contribution in [1.82, 2.24) is 4.90 Å². The summed E-state index contributed by atoms with van der Waals surface area (Å²) < 4.78 is 13.7. The number of hydrogen-bond donors (Lipinski definition) is 1. The summed E-state index contributed by atoms with van der Waals surface area (Å²) in [6.45, 7) is 0.736. The Balaban J connectivity index is 1.65. The first-order valence-corrected chi connectivity index (χ1v) is 8.09. The molecule has 1 fully saturated rings. The molecule has 118 valence electrons. The van der Waals surface area contributed by atoms with Crippen LogP contribution in [0.3, 0.4) is 0 Å². The number of amides is 1. The molecule has 0 unspecified atom stereocenters. The van der Waals surface area contributed by atoms with Gasteiger partial charge in [-0.05, 0) is 48.6 Å². The maximum atomic E-state index is 13.7. The Morgan fingerprint density at radius 1 is 1.22 bits per heavy atom. The lowest BCUT2D eigenvalue weighted by Gasteiger charge is -2.38. The van der Waals surface area contributed by atoms with Gasteiger partial charge < -0.3 is 10.6 Å². The standard InChI is InChI=1S/C19H19FN2O/c20-16-10-13(7-8-17(16)21)19(23)22-9-3-6-15-14-5-2-1-4-12(14)11-18(15)22/h1-2,4-5,7-8,10,15,18H,3,6,9,11,21H2/t15-,18+/m0/s1. The van der Waals surface area contributed by atoms with Crippen LogP contribution in [-0.4, -0.2) is 23.4 Å². The number of likely N-dealkylation sites (tertiary alicyclic amines) is 1. The molecular weight excluding hydrogens is 291 g/mol. The first kappa shape index (κ1) is 14.2. The zero-order chi connectivity index (χ0) is 16.0. The van der Waals surface area contributed by atoms with Crippen molar-refractivity contribution in [2.75, 3.05) is 12.3 Å². The predicted molar refractivity (Wildman–Crippen MR) is 87.8 cm³/mol. The van der Waals surface area contributed by atoms with Crippen LogP contribution in [-0.2, 0) is 6.42 Å². The number of fused-ring (bicyclic) bond motifs is 3. The van der Waals surface area contributed by atoms with E-state index in [1.165, 1.54) is 23.3 Å². The molecule has 23 heavy (non-hydrogen) atoms. The molecule has 1 heterocycles. The SMILES string of the molecule is Nc1ccc(C(=O)N2CCC[C@H]3c4ccccc4C[C@H]32)cc1F. The van der Waals surface area contributed by atoms with E-state index in [0.717, 1.165) is 25.8 Å². The second-order valence-electron chi connectivity index (χ2n) is 6.45. The maximum absolute atomic E-state index is 13.7. The van der Waals surface area contributed by atoms with Gasteiger partial charge in [0.15, 0.2) is 0 Å². The number of nitrogen functional groups attached to an aromatic ring is 1. The van der Waals surface area contributed by atoms with Gasteiger partial charge in [-0.25, -0.2) is 4.39 Å². The summed E-state index contributed by atoms with van der Waals surface area (Å²) in [6.07, 6.45) is 2.99. The van der Waals surface area contributed by atoms with E-state index >= 15 is 0 Å². The Morgan fingerprint density at radius 2 is 2.04 bits per heavy atom. The minimum Gasteiger partial charge on any atom is -0.396 e. The minimum absolute atomic E-state index is 0.0753. The molecule has 1 amide bonds. The van der Waals surface area contributed by atoms with Crippen molar-refractivity contribution < 1.29 is 9.18 Å². The van der Waals surface area contributed by atoms with Gasteiger partial charge in [-0.1, -0.05) is 24.3 Å². The molecular formula is C19H19FN2O. The number of halogens is 1. The molecule has 2 atom stereocenters. The van der Waals surface area contributed by atoms with Gasteiger partial charge >= 0.3 is 0 Å². The molecule has 2 aromatic carbocycles. The molecule has 0 spiro atoms. The van der Waals surface area contributed by atoms with E-state index in [0.29, 0.717) is 11.5 Å². The van der Waals surface area contributed by atoms with Crippen molar-refractivity contribution in [2.24, 2.45) is 0 Å². The third-order valence-electron chi connectivity index (χ3n) is 5.17. The van der Waals surface area contributed by atoms with Crippen molar-refractivity contribution in [3.05, 3.63) is 65.0 Å². The summed E-state index contributed by atoms with van der Waals surface area (Å²) in [5, 5.41) is 0.